The second-order valence-electron chi connectivity index (χ2n) is 7.85. The SMILES string of the molecule is C[C@H]1CCc2c(C(=O)N3CCN(S(=O)(=O)c4ccc([N+](=O)[O-])cc4)CC3)csc2C1. The zero-order valence-electron chi connectivity index (χ0n) is 16.6. The third kappa shape index (κ3) is 3.86. The minimum absolute atomic E-state index is 0.0190. The number of piperazine rings is 1. The van der Waals surface area contributed by atoms with Crippen molar-refractivity contribution in [3.63, 3.8) is 0 Å². The van der Waals surface area contributed by atoms with Crippen LogP contribution in [0.5, 0.6) is 0 Å². The highest BCUT2D eigenvalue weighted by Gasteiger charge is 2.32. The summed E-state index contributed by atoms with van der Waals surface area (Å²) in [5.41, 5.74) is 1.79. The molecule has 0 radical (unpaired) electrons. The number of carbonyl (C=O) groups excluding carboxylic acids is 1. The molecule has 2 heterocycles. The number of sulfonamides is 1. The van der Waals surface area contributed by atoms with E-state index in [1.807, 2.05) is 5.38 Å². The van der Waals surface area contributed by atoms with E-state index in [1.165, 1.54) is 39.0 Å². The molecule has 10 heteroatoms. The van der Waals surface area contributed by atoms with Crippen molar-refractivity contribution in [2.24, 2.45) is 5.92 Å². The number of nitro benzene ring substituents is 1. The molecule has 1 aromatic carbocycles. The van der Waals surface area contributed by atoms with Crippen LogP contribution in [0.25, 0.3) is 0 Å². The van der Waals surface area contributed by atoms with E-state index in [2.05, 4.69) is 6.92 Å². The summed E-state index contributed by atoms with van der Waals surface area (Å²) < 4.78 is 27.0. The molecular weight excluding hydrogens is 426 g/mol. The number of benzene rings is 1. The van der Waals surface area contributed by atoms with E-state index in [4.69, 9.17) is 0 Å². The Balaban J connectivity index is 1.43. The highest BCUT2D eigenvalue weighted by Crippen LogP contribution is 2.33. The Kier molecular flexibility index (Phi) is 5.65. The largest absolute Gasteiger partial charge is 0.336 e. The van der Waals surface area contributed by atoms with Crippen LogP contribution in [0.3, 0.4) is 0 Å². The van der Waals surface area contributed by atoms with Crippen LogP contribution >= 0.6 is 11.3 Å². The Morgan fingerprint density at radius 1 is 1.17 bits per heavy atom. The van der Waals surface area contributed by atoms with Gasteiger partial charge >= 0.3 is 0 Å². The van der Waals surface area contributed by atoms with Crippen molar-refractivity contribution >= 4 is 33.0 Å². The van der Waals surface area contributed by atoms with Crippen LogP contribution in [-0.2, 0) is 22.9 Å². The van der Waals surface area contributed by atoms with E-state index in [1.54, 1.807) is 16.2 Å². The normalized spacial score (nSPS) is 20.0. The standard InChI is InChI=1S/C20H23N3O5S2/c1-14-2-7-17-18(13-29-19(17)12-14)20(24)21-8-10-22(11-9-21)30(27,28)16-5-3-15(4-6-16)23(25)26/h3-6,13-14H,2,7-12H2,1H3/t14-/m0/s1. The van der Waals surface area contributed by atoms with Gasteiger partial charge in [-0.15, -0.1) is 11.3 Å². The summed E-state index contributed by atoms with van der Waals surface area (Å²) in [5, 5.41) is 12.7. The van der Waals surface area contributed by atoms with E-state index < -0.39 is 14.9 Å². The molecule has 8 nitrogen and oxygen atoms in total. The second kappa shape index (κ2) is 8.09. The molecule has 1 aliphatic carbocycles. The van der Waals surface area contributed by atoms with Crippen LogP contribution < -0.4 is 0 Å². The molecule has 160 valence electrons. The Morgan fingerprint density at radius 3 is 2.47 bits per heavy atom. The van der Waals surface area contributed by atoms with Gasteiger partial charge in [0.15, 0.2) is 0 Å². The summed E-state index contributed by atoms with van der Waals surface area (Å²) in [7, 11) is -3.75. The molecule has 1 atom stereocenters. The summed E-state index contributed by atoms with van der Waals surface area (Å²) in [4.78, 5) is 26.3. The maximum atomic E-state index is 13.0. The number of nitrogens with zero attached hydrogens (tertiary/aromatic N) is 3. The maximum Gasteiger partial charge on any atom is 0.269 e. The van der Waals surface area contributed by atoms with E-state index in [9.17, 15) is 23.3 Å². The van der Waals surface area contributed by atoms with Gasteiger partial charge in [-0.25, -0.2) is 8.42 Å². The van der Waals surface area contributed by atoms with Crippen LogP contribution in [-0.4, -0.2) is 54.6 Å². The van der Waals surface area contributed by atoms with Gasteiger partial charge in [-0.05, 0) is 42.9 Å². The quantitative estimate of drug-likeness (QED) is 0.528. The first-order valence-electron chi connectivity index (χ1n) is 9.90. The molecule has 1 fully saturated rings. The number of carbonyl (C=O) groups is 1. The molecule has 1 aliphatic heterocycles. The Morgan fingerprint density at radius 2 is 1.83 bits per heavy atom. The van der Waals surface area contributed by atoms with E-state index in [-0.39, 0.29) is 29.6 Å². The summed E-state index contributed by atoms with van der Waals surface area (Å²) in [6, 6.07) is 4.88. The summed E-state index contributed by atoms with van der Waals surface area (Å²) in [6.07, 6.45) is 3.04. The maximum absolute atomic E-state index is 13.0. The molecule has 4 rings (SSSR count). The highest BCUT2D eigenvalue weighted by molar-refractivity contribution is 7.89. The van der Waals surface area contributed by atoms with Crippen molar-refractivity contribution in [1.82, 2.24) is 9.21 Å². The van der Waals surface area contributed by atoms with Crippen LogP contribution in [0, 0.1) is 16.0 Å². The zero-order chi connectivity index (χ0) is 21.5. The first-order valence-corrected chi connectivity index (χ1v) is 12.2. The molecule has 1 saturated heterocycles. The fraction of sp³-hybridized carbons (Fsp3) is 0.450. The van der Waals surface area contributed by atoms with Crippen molar-refractivity contribution in [3.8, 4) is 0 Å². The molecule has 0 unspecified atom stereocenters. The lowest BCUT2D eigenvalue weighted by molar-refractivity contribution is -0.384. The molecule has 0 spiro atoms. The number of hydrogen-bond donors (Lipinski definition) is 0. The molecular formula is C20H23N3O5S2. The van der Waals surface area contributed by atoms with Gasteiger partial charge in [-0.3, -0.25) is 14.9 Å². The van der Waals surface area contributed by atoms with Gasteiger partial charge in [-0.1, -0.05) is 6.92 Å². The summed E-state index contributed by atoms with van der Waals surface area (Å²) in [6.45, 7) is 3.29. The van der Waals surface area contributed by atoms with Gasteiger partial charge in [0.2, 0.25) is 10.0 Å². The number of thiophene rings is 1. The fourth-order valence-corrected chi connectivity index (χ4v) is 6.71. The van der Waals surface area contributed by atoms with Crippen LogP contribution in [0.15, 0.2) is 34.5 Å². The molecule has 1 amide bonds. The predicted molar refractivity (Wildman–Crippen MR) is 113 cm³/mol. The van der Waals surface area contributed by atoms with Crippen molar-refractivity contribution < 1.29 is 18.1 Å². The van der Waals surface area contributed by atoms with Crippen LogP contribution in [0.1, 0.15) is 34.1 Å². The van der Waals surface area contributed by atoms with Gasteiger partial charge in [0.1, 0.15) is 0 Å². The molecule has 30 heavy (non-hydrogen) atoms. The van der Waals surface area contributed by atoms with Crippen molar-refractivity contribution in [1.29, 1.82) is 0 Å². The fourth-order valence-electron chi connectivity index (χ4n) is 4.05. The Bertz CT molecular complexity index is 1070. The average molecular weight is 450 g/mol. The molecule has 0 saturated carbocycles. The van der Waals surface area contributed by atoms with Gasteiger partial charge in [0, 0.05) is 48.6 Å². The van der Waals surface area contributed by atoms with Crippen molar-refractivity contribution in [2.45, 2.75) is 31.1 Å². The first kappa shape index (κ1) is 21.0. The number of non-ortho nitro benzene ring substituents is 1. The number of hydrogen-bond acceptors (Lipinski definition) is 6. The van der Waals surface area contributed by atoms with Gasteiger partial charge in [0.25, 0.3) is 11.6 Å². The zero-order valence-corrected chi connectivity index (χ0v) is 18.2. The van der Waals surface area contributed by atoms with Gasteiger partial charge in [-0.2, -0.15) is 4.31 Å². The van der Waals surface area contributed by atoms with E-state index >= 15 is 0 Å². The van der Waals surface area contributed by atoms with Gasteiger partial charge < -0.3 is 4.90 Å². The van der Waals surface area contributed by atoms with E-state index in [0.717, 1.165) is 24.8 Å². The molecule has 0 bridgehead atoms. The minimum Gasteiger partial charge on any atom is -0.336 e. The number of fused-ring (bicyclic) bond motifs is 1. The van der Waals surface area contributed by atoms with Crippen molar-refractivity contribution in [3.05, 3.63) is 55.8 Å². The topological polar surface area (TPSA) is 101 Å². The number of nitro groups is 1. The smallest absolute Gasteiger partial charge is 0.269 e. The number of rotatable bonds is 4. The lowest BCUT2D eigenvalue weighted by atomic mass is 9.88. The lowest BCUT2D eigenvalue weighted by Gasteiger charge is -2.34. The third-order valence-corrected chi connectivity index (χ3v) is 8.81. The molecule has 1 aromatic heterocycles. The first-order chi connectivity index (χ1) is 14.3. The third-order valence-electron chi connectivity index (χ3n) is 5.84. The van der Waals surface area contributed by atoms with Crippen LogP contribution in [0.4, 0.5) is 5.69 Å². The summed E-state index contributed by atoms with van der Waals surface area (Å²) in [5.74, 6) is 0.627. The Labute approximate surface area is 179 Å². The molecule has 2 aliphatic rings. The Hall–Kier alpha value is -2.30. The molecule has 0 N–H and O–H groups in total. The average Bonchev–Trinajstić information content (AvgIpc) is 3.16. The van der Waals surface area contributed by atoms with E-state index in [0.29, 0.717) is 19.0 Å². The predicted octanol–water partition coefficient (Wildman–Crippen LogP) is 2.93. The minimum atomic E-state index is -3.75. The second-order valence-corrected chi connectivity index (χ2v) is 10.7. The monoisotopic (exact) mass is 449 g/mol. The highest BCUT2D eigenvalue weighted by atomic mass is 32.2. The van der Waals surface area contributed by atoms with Gasteiger partial charge in [0.05, 0.1) is 15.4 Å². The molecule has 2 aromatic rings. The summed E-state index contributed by atoms with van der Waals surface area (Å²) >= 11 is 1.65. The van der Waals surface area contributed by atoms with Crippen molar-refractivity contribution in [2.75, 3.05) is 26.2 Å². The lowest BCUT2D eigenvalue weighted by Crippen LogP contribution is -2.50. The number of amides is 1. The van der Waals surface area contributed by atoms with Crippen LogP contribution in [0.2, 0.25) is 0 Å².